The molecule has 2 aromatic heterocycles. The van der Waals surface area contributed by atoms with Crippen molar-refractivity contribution >= 4 is 22.5 Å². The highest BCUT2D eigenvalue weighted by Crippen LogP contribution is 2.44. The number of methoxy groups -OCH3 is 1. The number of fused-ring (bicyclic) bond motifs is 4. The maximum absolute atomic E-state index is 6.75. The molecule has 1 unspecified atom stereocenters. The van der Waals surface area contributed by atoms with Crippen LogP contribution in [-0.2, 0) is 11.3 Å². The van der Waals surface area contributed by atoms with Crippen molar-refractivity contribution in [3.63, 3.8) is 0 Å². The average molecular weight is 516 g/mol. The Hall–Kier alpha value is -3.26. The summed E-state index contributed by atoms with van der Waals surface area (Å²) < 4.78 is 14.0. The first-order chi connectivity index (χ1) is 18.1. The van der Waals surface area contributed by atoms with Gasteiger partial charge in [-0.2, -0.15) is 0 Å². The van der Waals surface area contributed by atoms with E-state index < -0.39 is 0 Å². The molecule has 0 aliphatic carbocycles. The van der Waals surface area contributed by atoms with Gasteiger partial charge in [-0.05, 0) is 73.2 Å². The molecule has 5 atom stereocenters. The van der Waals surface area contributed by atoms with Gasteiger partial charge in [-0.3, -0.25) is 9.88 Å². The van der Waals surface area contributed by atoms with Crippen LogP contribution >= 0.6 is 11.6 Å². The summed E-state index contributed by atoms with van der Waals surface area (Å²) in [5, 5.41) is 10.3. The lowest BCUT2D eigenvalue weighted by Gasteiger charge is -2.51. The van der Waals surface area contributed by atoms with E-state index in [1.54, 1.807) is 11.8 Å². The van der Waals surface area contributed by atoms with Crippen LogP contribution in [0.5, 0.6) is 5.75 Å². The van der Waals surface area contributed by atoms with Gasteiger partial charge in [0, 0.05) is 24.2 Å². The number of rotatable bonds is 8. The molecule has 37 heavy (non-hydrogen) atoms. The fourth-order valence-corrected chi connectivity index (χ4v) is 6.14. The van der Waals surface area contributed by atoms with Crippen LogP contribution in [0.1, 0.15) is 30.2 Å². The van der Waals surface area contributed by atoms with Crippen LogP contribution in [-0.4, -0.2) is 51.1 Å². The van der Waals surface area contributed by atoms with E-state index >= 15 is 0 Å². The van der Waals surface area contributed by atoms with E-state index in [0.29, 0.717) is 23.5 Å². The molecule has 7 rings (SSSR count). The summed E-state index contributed by atoms with van der Waals surface area (Å²) in [5.74, 6) is 1.97. The number of benzene rings is 2. The second-order valence-electron chi connectivity index (χ2n) is 9.87. The number of halogens is 1. The van der Waals surface area contributed by atoms with Gasteiger partial charge in [0.1, 0.15) is 11.4 Å². The molecule has 3 saturated heterocycles. The zero-order valence-corrected chi connectivity index (χ0v) is 21.6. The Bertz CT molecular complexity index is 1420. The summed E-state index contributed by atoms with van der Waals surface area (Å²) in [5.41, 5.74) is 3.59. The van der Waals surface area contributed by atoms with Gasteiger partial charge in [0.15, 0.2) is 0 Å². The van der Waals surface area contributed by atoms with E-state index in [9.17, 15) is 0 Å². The minimum Gasteiger partial charge on any atom is -0.497 e. The van der Waals surface area contributed by atoms with Crippen LogP contribution in [0.2, 0.25) is 5.02 Å². The third-order valence-corrected chi connectivity index (χ3v) is 8.16. The van der Waals surface area contributed by atoms with E-state index in [1.165, 1.54) is 6.42 Å². The molecule has 0 saturated carbocycles. The van der Waals surface area contributed by atoms with Crippen LogP contribution < -0.4 is 4.74 Å². The number of para-hydroxylation sites is 1. The zero-order valence-electron chi connectivity index (χ0n) is 20.8. The lowest BCUT2D eigenvalue weighted by atomic mass is 9.73. The summed E-state index contributed by atoms with van der Waals surface area (Å²) in [6, 6.07) is 15.9. The fourth-order valence-electron chi connectivity index (χ4n) is 5.92. The highest BCUT2D eigenvalue weighted by atomic mass is 35.5. The molecule has 2 bridgehead atoms. The Labute approximate surface area is 221 Å². The van der Waals surface area contributed by atoms with Gasteiger partial charge in [-0.1, -0.05) is 35.0 Å². The third kappa shape index (κ3) is 4.63. The maximum atomic E-state index is 6.75. The first-order valence-corrected chi connectivity index (χ1v) is 13.1. The number of nitrogens with zero attached hydrogens (tertiary/aromatic N) is 5. The van der Waals surface area contributed by atoms with Crippen molar-refractivity contribution in [2.45, 2.75) is 31.6 Å². The van der Waals surface area contributed by atoms with Gasteiger partial charge in [0.05, 0.1) is 42.2 Å². The number of hydrogen-bond acceptors (Lipinski definition) is 6. The molecule has 4 aromatic rings. The topological polar surface area (TPSA) is 65.3 Å². The molecular formula is C29H30ClN5O2. The molecule has 2 aromatic carbocycles. The number of pyridine rings is 1. The van der Waals surface area contributed by atoms with Crippen molar-refractivity contribution < 1.29 is 9.47 Å². The fraction of sp³-hybridized carbons (Fsp3) is 0.345. The summed E-state index contributed by atoms with van der Waals surface area (Å²) in [7, 11) is 1.69. The number of hydrogen-bond donors (Lipinski definition) is 0. The van der Waals surface area contributed by atoms with Crippen LogP contribution in [0.15, 0.2) is 73.6 Å². The quantitative estimate of drug-likeness (QED) is 0.283. The lowest BCUT2D eigenvalue weighted by molar-refractivity contribution is -0.0809. The van der Waals surface area contributed by atoms with Gasteiger partial charge in [-0.25, -0.2) is 4.68 Å². The van der Waals surface area contributed by atoms with E-state index in [2.05, 4.69) is 45.0 Å². The standard InChI is InChI=1S/C29H30ClN5O2/c1-3-19-16-34-13-11-20(19)14-28(34)29(23-10-12-31-26-9-8-22(36-2)15-24(23)26)37-18-21-17-35(33-32-21)27-7-5-4-6-25(27)30/h3-10,12,15,17,19-20,28-29H,1,11,13-14,16,18H2,2H3/t19-,20-,28+,29+/m0/s1. The summed E-state index contributed by atoms with van der Waals surface area (Å²) >= 11 is 6.37. The Balaban J connectivity index is 1.33. The third-order valence-electron chi connectivity index (χ3n) is 7.84. The number of piperidine rings is 3. The van der Waals surface area contributed by atoms with E-state index in [0.717, 1.165) is 53.1 Å². The minimum absolute atomic E-state index is 0.156. The van der Waals surface area contributed by atoms with Crippen molar-refractivity contribution in [1.29, 1.82) is 0 Å². The molecule has 8 heteroatoms. The summed E-state index contributed by atoms with van der Waals surface area (Å²) in [6.07, 6.45) is 8.00. The van der Waals surface area contributed by atoms with Gasteiger partial charge >= 0.3 is 0 Å². The Morgan fingerprint density at radius 2 is 2.11 bits per heavy atom. The predicted molar refractivity (Wildman–Crippen MR) is 144 cm³/mol. The highest BCUT2D eigenvalue weighted by molar-refractivity contribution is 6.32. The molecule has 3 fully saturated rings. The van der Waals surface area contributed by atoms with Gasteiger partial charge < -0.3 is 9.47 Å². The molecule has 0 spiro atoms. The van der Waals surface area contributed by atoms with Crippen LogP contribution in [0, 0.1) is 11.8 Å². The summed E-state index contributed by atoms with van der Waals surface area (Å²) in [6.45, 7) is 6.53. The van der Waals surface area contributed by atoms with Crippen LogP contribution in [0.4, 0.5) is 0 Å². The average Bonchev–Trinajstić information content (AvgIpc) is 3.42. The Morgan fingerprint density at radius 1 is 1.22 bits per heavy atom. The molecule has 0 radical (unpaired) electrons. The lowest BCUT2D eigenvalue weighted by Crippen LogP contribution is -2.55. The monoisotopic (exact) mass is 515 g/mol. The first-order valence-electron chi connectivity index (χ1n) is 12.7. The maximum Gasteiger partial charge on any atom is 0.119 e. The second kappa shape index (κ2) is 10.2. The smallest absolute Gasteiger partial charge is 0.119 e. The number of aromatic nitrogens is 4. The summed E-state index contributed by atoms with van der Waals surface area (Å²) in [4.78, 5) is 7.18. The van der Waals surface area contributed by atoms with E-state index in [4.69, 9.17) is 21.1 Å². The van der Waals surface area contributed by atoms with Crippen molar-refractivity contribution in [3.8, 4) is 11.4 Å². The van der Waals surface area contributed by atoms with E-state index in [-0.39, 0.29) is 12.1 Å². The van der Waals surface area contributed by atoms with Gasteiger partial charge in [0.2, 0.25) is 0 Å². The van der Waals surface area contributed by atoms with Crippen LogP contribution in [0.3, 0.4) is 0 Å². The van der Waals surface area contributed by atoms with Crippen LogP contribution in [0.25, 0.3) is 16.6 Å². The van der Waals surface area contributed by atoms with Crippen molar-refractivity contribution in [2.24, 2.45) is 11.8 Å². The van der Waals surface area contributed by atoms with Crippen molar-refractivity contribution in [2.75, 3.05) is 20.2 Å². The molecule has 7 nitrogen and oxygen atoms in total. The second-order valence-corrected chi connectivity index (χ2v) is 10.3. The Kier molecular flexibility index (Phi) is 6.67. The molecule has 190 valence electrons. The van der Waals surface area contributed by atoms with Gasteiger partial charge in [0.25, 0.3) is 0 Å². The van der Waals surface area contributed by atoms with E-state index in [1.807, 2.05) is 48.8 Å². The largest absolute Gasteiger partial charge is 0.497 e. The normalized spacial score (nSPS) is 23.7. The van der Waals surface area contributed by atoms with Gasteiger partial charge in [-0.15, -0.1) is 11.7 Å². The van der Waals surface area contributed by atoms with Crippen molar-refractivity contribution in [3.05, 3.63) is 89.9 Å². The Morgan fingerprint density at radius 3 is 2.89 bits per heavy atom. The first kappa shape index (κ1) is 24.1. The molecule has 0 amide bonds. The van der Waals surface area contributed by atoms with Crippen molar-refractivity contribution in [1.82, 2.24) is 24.9 Å². The number of ether oxygens (including phenoxy) is 2. The highest BCUT2D eigenvalue weighted by Gasteiger charge is 2.43. The SMILES string of the molecule is C=C[C@H]1CN2CC[C@H]1C[C@@H]2[C@H](OCc1cn(-c2ccccc2Cl)nn1)c1ccnc2ccc(OC)cc12. The predicted octanol–water partition coefficient (Wildman–Crippen LogP) is 5.63. The molecule has 0 N–H and O–H groups in total. The zero-order chi connectivity index (χ0) is 25.4. The molecule has 5 heterocycles. The minimum atomic E-state index is -0.156. The molecular weight excluding hydrogens is 486 g/mol. The molecule has 3 aliphatic heterocycles. The molecule has 3 aliphatic rings.